The molecule has 0 aromatic heterocycles. The Morgan fingerprint density at radius 2 is 1.53 bits per heavy atom. The third kappa shape index (κ3) is 6.95. The first kappa shape index (κ1) is 18.4. The monoisotopic (exact) mass is 270 g/mol. The van der Waals surface area contributed by atoms with Gasteiger partial charge in [-0.3, -0.25) is 9.69 Å². The summed E-state index contributed by atoms with van der Waals surface area (Å²) < 4.78 is 0. The second kappa shape index (κ2) is 7.28. The van der Waals surface area contributed by atoms with Crippen molar-refractivity contribution in [2.75, 3.05) is 13.1 Å². The molecule has 0 saturated carbocycles. The van der Waals surface area contributed by atoms with Gasteiger partial charge in [0.2, 0.25) is 5.91 Å². The standard InChI is InChI=1S/C16H34N2O/c1-9-13(18(10-2)11-3)14(19)17-16(7,8)12-15(4,5)6/h13H,9-12H2,1-8H3,(H,17,19). The van der Waals surface area contributed by atoms with Gasteiger partial charge in [-0.25, -0.2) is 0 Å². The van der Waals surface area contributed by atoms with Crippen molar-refractivity contribution in [1.29, 1.82) is 0 Å². The second-order valence-corrected chi connectivity index (χ2v) is 7.26. The van der Waals surface area contributed by atoms with Crippen LogP contribution in [0.25, 0.3) is 0 Å². The Labute approximate surface area is 120 Å². The van der Waals surface area contributed by atoms with Crippen molar-refractivity contribution in [2.45, 2.75) is 79.8 Å². The van der Waals surface area contributed by atoms with Crippen LogP contribution in [0.5, 0.6) is 0 Å². The van der Waals surface area contributed by atoms with Crippen LogP contribution in [0.2, 0.25) is 0 Å². The largest absolute Gasteiger partial charge is 0.350 e. The van der Waals surface area contributed by atoms with Crippen molar-refractivity contribution in [1.82, 2.24) is 10.2 Å². The van der Waals surface area contributed by atoms with Crippen LogP contribution in [0, 0.1) is 5.41 Å². The molecule has 0 aliphatic heterocycles. The SMILES string of the molecule is CCC(C(=O)NC(C)(C)CC(C)(C)C)N(CC)CC. The van der Waals surface area contributed by atoms with E-state index in [0.717, 1.165) is 25.9 Å². The fraction of sp³-hybridized carbons (Fsp3) is 0.938. The molecule has 0 aromatic rings. The number of hydrogen-bond donors (Lipinski definition) is 1. The van der Waals surface area contributed by atoms with Crippen molar-refractivity contribution in [3.05, 3.63) is 0 Å². The van der Waals surface area contributed by atoms with E-state index >= 15 is 0 Å². The van der Waals surface area contributed by atoms with Crippen LogP contribution >= 0.6 is 0 Å². The van der Waals surface area contributed by atoms with E-state index in [4.69, 9.17) is 0 Å². The summed E-state index contributed by atoms with van der Waals surface area (Å²) in [4.78, 5) is 14.7. The molecule has 0 rings (SSSR count). The fourth-order valence-corrected chi connectivity index (χ4v) is 3.06. The molecule has 0 bridgehead atoms. The number of rotatable bonds is 7. The summed E-state index contributed by atoms with van der Waals surface area (Å²) in [7, 11) is 0. The summed E-state index contributed by atoms with van der Waals surface area (Å²) in [6.07, 6.45) is 1.83. The summed E-state index contributed by atoms with van der Waals surface area (Å²) in [5, 5.41) is 3.23. The molecule has 0 heterocycles. The third-order valence-corrected chi connectivity index (χ3v) is 3.38. The molecule has 114 valence electrons. The van der Waals surface area contributed by atoms with E-state index in [2.05, 4.69) is 65.6 Å². The predicted octanol–water partition coefficient (Wildman–Crippen LogP) is 3.44. The number of carbonyl (C=O) groups excluding carboxylic acids is 1. The summed E-state index contributed by atoms with van der Waals surface area (Å²) in [6, 6.07) is -0.00533. The van der Waals surface area contributed by atoms with Crippen LogP contribution in [0.15, 0.2) is 0 Å². The third-order valence-electron chi connectivity index (χ3n) is 3.38. The normalized spacial score (nSPS) is 14.6. The highest BCUT2D eigenvalue weighted by Gasteiger charge is 2.30. The maximum absolute atomic E-state index is 12.5. The molecule has 0 saturated heterocycles. The van der Waals surface area contributed by atoms with Gasteiger partial charge in [0, 0.05) is 5.54 Å². The van der Waals surface area contributed by atoms with Gasteiger partial charge < -0.3 is 5.32 Å². The van der Waals surface area contributed by atoms with Crippen molar-refractivity contribution in [3.63, 3.8) is 0 Å². The van der Waals surface area contributed by atoms with E-state index in [1.807, 2.05) is 0 Å². The smallest absolute Gasteiger partial charge is 0.237 e. The van der Waals surface area contributed by atoms with Crippen molar-refractivity contribution in [2.24, 2.45) is 5.41 Å². The molecule has 0 radical (unpaired) electrons. The van der Waals surface area contributed by atoms with Crippen LogP contribution < -0.4 is 5.32 Å². The van der Waals surface area contributed by atoms with Crippen molar-refractivity contribution < 1.29 is 4.79 Å². The molecular formula is C16H34N2O. The first-order chi connectivity index (χ1) is 8.56. The molecule has 1 unspecified atom stereocenters. The molecule has 1 N–H and O–H groups in total. The number of amides is 1. The average molecular weight is 270 g/mol. The van der Waals surface area contributed by atoms with Gasteiger partial charge in [0.15, 0.2) is 0 Å². The summed E-state index contributed by atoms with van der Waals surface area (Å²) in [5.41, 5.74) is 0.0591. The highest BCUT2D eigenvalue weighted by Crippen LogP contribution is 2.27. The maximum atomic E-state index is 12.5. The Hall–Kier alpha value is -0.570. The van der Waals surface area contributed by atoms with Gasteiger partial charge in [-0.1, -0.05) is 41.5 Å². The van der Waals surface area contributed by atoms with E-state index in [1.165, 1.54) is 0 Å². The Morgan fingerprint density at radius 3 is 1.84 bits per heavy atom. The second-order valence-electron chi connectivity index (χ2n) is 7.26. The van der Waals surface area contributed by atoms with Crippen molar-refractivity contribution >= 4 is 5.91 Å². The molecular weight excluding hydrogens is 236 g/mol. The molecule has 3 nitrogen and oxygen atoms in total. The minimum absolute atomic E-state index is 0.00533. The molecule has 1 amide bonds. The number of likely N-dealkylation sites (N-methyl/N-ethyl adjacent to an activating group) is 1. The lowest BCUT2D eigenvalue weighted by molar-refractivity contribution is -0.128. The van der Waals surface area contributed by atoms with Crippen LogP contribution in [-0.2, 0) is 4.79 Å². The van der Waals surface area contributed by atoms with Gasteiger partial charge in [-0.2, -0.15) is 0 Å². The number of nitrogens with zero attached hydrogens (tertiary/aromatic N) is 1. The van der Waals surface area contributed by atoms with E-state index < -0.39 is 0 Å². The Kier molecular flexibility index (Phi) is 7.06. The number of carbonyl (C=O) groups is 1. The topological polar surface area (TPSA) is 32.3 Å². The van der Waals surface area contributed by atoms with Crippen LogP contribution in [0.3, 0.4) is 0 Å². The highest BCUT2D eigenvalue weighted by atomic mass is 16.2. The molecule has 3 heteroatoms. The predicted molar refractivity (Wildman–Crippen MR) is 83.3 cm³/mol. The molecule has 0 aliphatic carbocycles. The van der Waals surface area contributed by atoms with Gasteiger partial charge in [-0.05, 0) is 45.2 Å². The summed E-state index contributed by atoms with van der Waals surface area (Å²) in [6.45, 7) is 19.0. The molecule has 19 heavy (non-hydrogen) atoms. The van der Waals surface area contributed by atoms with Crippen LogP contribution in [0.1, 0.15) is 68.2 Å². The lowest BCUT2D eigenvalue weighted by Gasteiger charge is -2.36. The zero-order valence-electron chi connectivity index (χ0n) is 14.3. The molecule has 1 atom stereocenters. The Balaban J connectivity index is 4.73. The lowest BCUT2D eigenvalue weighted by Crippen LogP contribution is -2.54. The van der Waals surface area contributed by atoms with E-state index in [9.17, 15) is 4.79 Å². The van der Waals surface area contributed by atoms with Gasteiger partial charge in [0.25, 0.3) is 0 Å². The Bertz CT molecular complexity index is 275. The summed E-state index contributed by atoms with van der Waals surface area (Å²) in [5.74, 6) is 0.167. The van der Waals surface area contributed by atoms with Crippen molar-refractivity contribution in [3.8, 4) is 0 Å². The molecule has 0 aromatic carbocycles. The molecule has 0 spiro atoms. The zero-order chi connectivity index (χ0) is 15.3. The first-order valence-corrected chi connectivity index (χ1v) is 7.62. The fourth-order valence-electron chi connectivity index (χ4n) is 3.06. The number of nitrogens with one attached hydrogen (secondary N) is 1. The quantitative estimate of drug-likeness (QED) is 0.768. The summed E-state index contributed by atoms with van der Waals surface area (Å²) >= 11 is 0. The van der Waals surface area contributed by atoms with E-state index in [0.29, 0.717) is 0 Å². The van der Waals surface area contributed by atoms with Gasteiger partial charge >= 0.3 is 0 Å². The number of hydrogen-bond acceptors (Lipinski definition) is 2. The minimum atomic E-state index is -0.157. The molecule has 0 fully saturated rings. The highest BCUT2D eigenvalue weighted by molar-refractivity contribution is 5.82. The first-order valence-electron chi connectivity index (χ1n) is 7.62. The maximum Gasteiger partial charge on any atom is 0.237 e. The average Bonchev–Trinajstić information content (AvgIpc) is 2.20. The van der Waals surface area contributed by atoms with Crippen LogP contribution in [0.4, 0.5) is 0 Å². The van der Waals surface area contributed by atoms with Gasteiger partial charge in [0.05, 0.1) is 6.04 Å². The lowest BCUT2D eigenvalue weighted by atomic mass is 9.81. The Morgan fingerprint density at radius 1 is 1.05 bits per heavy atom. The van der Waals surface area contributed by atoms with Gasteiger partial charge in [-0.15, -0.1) is 0 Å². The van der Waals surface area contributed by atoms with Crippen LogP contribution in [-0.4, -0.2) is 35.5 Å². The minimum Gasteiger partial charge on any atom is -0.350 e. The van der Waals surface area contributed by atoms with Gasteiger partial charge in [0.1, 0.15) is 0 Å². The van der Waals surface area contributed by atoms with E-state index in [-0.39, 0.29) is 22.9 Å². The van der Waals surface area contributed by atoms with E-state index in [1.54, 1.807) is 0 Å². The zero-order valence-corrected chi connectivity index (χ0v) is 14.3. The molecule has 0 aliphatic rings.